The summed E-state index contributed by atoms with van der Waals surface area (Å²) in [7, 11) is -2.19. The lowest BCUT2D eigenvalue weighted by atomic mass is 10.1. The maximum atomic E-state index is 13.7. The van der Waals surface area contributed by atoms with Crippen molar-refractivity contribution < 1.29 is 22.7 Å². The second-order valence-electron chi connectivity index (χ2n) is 8.71. The summed E-state index contributed by atoms with van der Waals surface area (Å²) in [6, 6.07) is 13.5. The van der Waals surface area contributed by atoms with E-state index in [2.05, 4.69) is 5.32 Å². The van der Waals surface area contributed by atoms with Crippen LogP contribution >= 0.6 is 0 Å². The number of methoxy groups -OCH3 is 1. The molecule has 0 aromatic heterocycles. The zero-order chi connectivity index (χ0) is 26.2. The van der Waals surface area contributed by atoms with Gasteiger partial charge in [0, 0.05) is 12.6 Å². The van der Waals surface area contributed by atoms with Crippen molar-refractivity contribution in [3.8, 4) is 5.75 Å². The molecule has 1 N–H and O–H groups in total. The minimum absolute atomic E-state index is 0.0987. The first-order chi connectivity index (χ1) is 16.5. The zero-order valence-electron chi connectivity index (χ0n) is 21.4. The molecule has 2 amide bonds. The highest BCUT2D eigenvalue weighted by Gasteiger charge is 2.32. The van der Waals surface area contributed by atoms with Crippen molar-refractivity contribution in [3.05, 3.63) is 59.7 Å². The normalized spacial score (nSPS) is 12.2. The number of nitrogens with zero attached hydrogens (tertiary/aromatic N) is 2. The van der Waals surface area contributed by atoms with Gasteiger partial charge in [-0.25, -0.2) is 8.42 Å². The number of rotatable bonds is 12. The molecule has 0 aliphatic heterocycles. The molecule has 9 heteroatoms. The minimum Gasteiger partial charge on any atom is -0.497 e. The molecular weight excluding hydrogens is 466 g/mol. The Kier molecular flexibility index (Phi) is 10.1. The molecule has 0 bridgehead atoms. The summed E-state index contributed by atoms with van der Waals surface area (Å²) in [5.41, 5.74) is 2.08. The molecule has 2 rings (SSSR count). The maximum absolute atomic E-state index is 13.7. The molecule has 0 unspecified atom stereocenters. The molecule has 0 fully saturated rings. The summed E-state index contributed by atoms with van der Waals surface area (Å²) in [6.45, 7) is 7.22. The summed E-state index contributed by atoms with van der Waals surface area (Å²) >= 11 is 0. The largest absolute Gasteiger partial charge is 0.497 e. The number of hydrogen-bond acceptors (Lipinski definition) is 5. The number of anilines is 1. The van der Waals surface area contributed by atoms with Gasteiger partial charge in [-0.1, -0.05) is 44.2 Å². The van der Waals surface area contributed by atoms with Crippen LogP contribution in [0.5, 0.6) is 5.75 Å². The molecule has 8 nitrogen and oxygen atoms in total. The Hall–Kier alpha value is -3.07. The molecule has 192 valence electrons. The van der Waals surface area contributed by atoms with Crippen LogP contribution in [0.15, 0.2) is 48.5 Å². The van der Waals surface area contributed by atoms with Gasteiger partial charge in [0.05, 0.1) is 19.1 Å². The quantitative estimate of drug-likeness (QED) is 0.479. The van der Waals surface area contributed by atoms with E-state index in [0.29, 0.717) is 24.3 Å². The van der Waals surface area contributed by atoms with Gasteiger partial charge in [0.2, 0.25) is 21.8 Å². The summed E-state index contributed by atoms with van der Waals surface area (Å²) in [4.78, 5) is 28.2. The highest BCUT2D eigenvalue weighted by atomic mass is 32.2. The lowest BCUT2D eigenvalue weighted by Crippen LogP contribution is -2.53. The van der Waals surface area contributed by atoms with Crippen molar-refractivity contribution in [3.63, 3.8) is 0 Å². The third-order valence-corrected chi connectivity index (χ3v) is 6.78. The number of benzene rings is 2. The van der Waals surface area contributed by atoms with Crippen molar-refractivity contribution >= 4 is 27.5 Å². The van der Waals surface area contributed by atoms with Crippen molar-refractivity contribution in [2.45, 2.75) is 59.2 Å². The fourth-order valence-electron chi connectivity index (χ4n) is 3.88. The number of aryl methyl sites for hydroxylation is 1. The van der Waals surface area contributed by atoms with Gasteiger partial charge in [-0.15, -0.1) is 0 Å². The van der Waals surface area contributed by atoms with Crippen molar-refractivity contribution in [1.29, 1.82) is 0 Å². The Morgan fingerprint density at radius 2 is 1.66 bits per heavy atom. The van der Waals surface area contributed by atoms with Crippen LogP contribution < -0.4 is 14.4 Å². The molecule has 0 saturated heterocycles. The van der Waals surface area contributed by atoms with E-state index >= 15 is 0 Å². The van der Waals surface area contributed by atoms with Crippen molar-refractivity contribution in [2.75, 3.05) is 24.2 Å². The van der Waals surface area contributed by atoms with Crippen LogP contribution in [-0.4, -0.2) is 57.1 Å². The number of sulfonamides is 1. The first kappa shape index (κ1) is 28.2. The van der Waals surface area contributed by atoms with Crippen molar-refractivity contribution in [2.24, 2.45) is 0 Å². The van der Waals surface area contributed by atoms with Gasteiger partial charge in [-0.3, -0.25) is 13.9 Å². The van der Waals surface area contributed by atoms with E-state index in [9.17, 15) is 18.0 Å². The Morgan fingerprint density at radius 1 is 1.03 bits per heavy atom. The standard InChI is InChI=1S/C26H37N3O5S/c1-7-21-11-9-10-12-24(21)29(35(6,32)33)18-25(30)28(23(8-2)26(31)27-19(3)4)17-20-13-15-22(34-5)16-14-20/h9-16,19,23H,7-8,17-18H2,1-6H3,(H,27,31)/t23-/m0/s1. The van der Waals surface area contributed by atoms with E-state index in [1.165, 1.54) is 4.90 Å². The van der Waals surface area contributed by atoms with E-state index < -0.39 is 28.5 Å². The number of carbonyl (C=O) groups excluding carboxylic acids is 2. The average molecular weight is 504 g/mol. The van der Waals surface area contributed by atoms with Crippen LogP contribution in [0.3, 0.4) is 0 Å². The number of carbonyl (C=O) groups is 2. The molecule has 35 heavy (non-hydrogen) atoms. The Morgan fingerprint density at radius 3 is 2.17 bits per heavy atom. The number of amides is 2. The molecule has 0 radical (unpaired) electrons. The number of nitrogens with one attached hydrogen (secondary N) is 1. The smallest absolute Gasteiger partial charge is 0.244 e. The highest BCUT2D eigenvalue weighted by Crippen LogP contribution is 2.24. The van der Waals surface area contributed by atoms with Gasteiger partial charge in [0.25, 0.3) is 0 Å². The van der Waals surface area contributed by atoms with Gasteiger partial charge in [0.15, 0.2) is 0 Å². The predicted octanol–water partition coefficient (Wildman–Crippen LogP) is 3.36. The van der Waals surface area contributed by atoms with Gasteiger partial charge >= 0.3 is 0 Å². The van der Waals surface area contributed by atoms with Crippen LogP contribution in [-0.2, 0) is 32.6 Å². The highest BCUT2D eigenvalue weighted by molar-refractivity contribution is 7.92. The molecule has 0 aliphatic rings. The predicted molar refractivity (Wildman–Crippen MR) is 139 cm³/mol. The molecule has 0 spiro atoms. The summed E-state index contributed by atoms with van der Waals surface area (Å²) in [6.07, 6.45) is 2.08. The second kappa shape index (κ2) is 12.6. The van der Waals surface area contributed by atoms with Gasteiger partial charge in [0.1, 0.15) is 18.3 Å². The van der Waals surface area contributed by atoms with E-state index in [0.717, 1.165) is 21.7 Å². The summed E-state index contributed by atoms with van der Waals surface area (Å²) in [5, 5.41) is 2.88. The number of ether oxygens (including phenoxy) is 1. The van der Waals surface area contributed by atoms with Gasteiger partial charge in [-0.05, 0) is 56.0 Å². The Bertz CT molecular complexity index is 1100. The van der Waals surface area contributed by atoms with Crippen LogP contribution in [0.4, 0.5) is 5.69 Å². The monoisotopic (exact) mass is 503 g/mol. The number of hydrogen-bond donors (Lipinski definition) is 1. The Balaban J connectivity index is 2.47. The molecule has 2 aromatic carbocycles. The van der Waals surface area contributed by atoms with Crippen LogP contribution in [0.2, 0.25) is 0 Å². The van der Waals surface area contributed by atoms with Crippen LogP contribution in [0.1, 0.15) is 45.2 Å². The van der Waals surface area contributed by atoms with E-state index in [1.54, 1.807) is 31.4 Å². The molecular formula is C26H37N3O5S. The van der Waals surface area contributed by atoms with Crippen molar-refractivity contribution in [1.82, 2.24) is 10.2 Å². The maximum Gasteiger partial charge on any atom is 0.244 e. The first-order valence-corrected chi connectivity index (χ1v) is 13.6. The van der Waals surface area contributed by atoms with Crippen LogP contribution in [0.25, 0.3) is 0 Å². The molecule has 0 heterocycles. The third-order valence-electron chi connectivity index (χ3n) is 5.65. The molecule has 0 aliphatic carbocycles. The third kappa shape index (κ3) is 7.71. The SMILES string of the molecule is CCc1ccccc1N(CC(=O)N(Cc1ccc(OC)cc1)[C@@H](CC)C(=O)NC(C)C)S(C)(=O)=O. The topological polar surface area (TPSA) is 96.0 Å². The van der Waals surface area contributed by atoms with E-state index in [1.807, 2.05) is 52.0 Å². The zero-order valence-corrected chi connectivity index (χ0v) is 22.3. The fourth-order valence-corrected chi connectivity index (χ4v) is 4.76. The minimum atomic E-state index is -3.76. The van der Waals surface area contributed by atoms with Gasteiger partial charge < -0.3 is 15.0 Å². The first-order valence-electron chi connectivity index (χ1n) is 11.8. The van der Waals surface area contributed by atoms with Crippen LogP contribution in [0, 0.1) is 0 Å². The summed E-state index contributed by atoms with van der Waals surface area (Å²) in [5.74, 6) is -0.0530. The van der Waals surface area contributed by atoms with E-state index in [-0.39, 0.29) is 18.5 Å². The molecule has 2 aromatic rings. The summed E-state index contributed by atoms with van der Waals surface area (Å²) < 4.78 is 31.9. The lowest BCUT2D eigenvalue weighted by Gasteiger charge is -2.33. The van der Waals surface area contributed by atoms with Gasteiger partial charge in [-0.2, -0.15) is 0 Å². The van der Waals surface area contributed by atoms with E-state index in [4.69, 9.17) is 4.74 Å². The number of para-hydroxylation sites is 1. The second-order valence-corrected chi connectivity index (χ2v) is 10.6. The molecule has 0 saturated carbocycles. The average Bonchev–Trinajstić information content (AvgIpc) is 2.81. The fraction of sp³-hybridized carbons (Fsp3) is 0.462. The Labute approximate surface area is 209 Å². The molecule has 1 atom stereocenters. The lowest BCUT2D eigenvalue weighted by molar-refractivity contribution is -0.140.